The number of nitrogens with one attached hydrogen (secondary N) is 1. The van der Waals surface area contributed by atoms with Gasteiger partial charge in [0.05, 0.1) is 6.42 Å². The average Bonchev–Trinajstić information content (AvgIpc) is 3.03. The molecule has 2 rings (SSSR count). The number of benzene rings is 1. The molecule has 4 amide bonds. The van der Waals surface area contributed by atoms with Crippen molar-refractivity contribution in [1.82, 2.24) is 9.80 Å². The monoisotopic (exact) mass is 403 g/mol. The molecule has 9 nitrogen and oxygen atoms in total. The van der Waals surface area contributed by atoms with E-state index in [0.717, 1.165) is 4.90 Å². The maximum atomic E-state index is 12.4. The number of ether oxygens (including phenoxy) is 1. The summed E-state index contributed by atoms with van der Waals surface area (Å²) < 4.78 is 4.88. The van der Waals surface area contributed by atoms with Crippen LogP contribution in [0.25, 0.3) is 0 Å². The van der Waals surface area contributed by atoms with E-state index in [9.17, 15) is 24.0 Å². The van der Waals surface area contributed by atoms with Crippen molar-refractivity contribution in [3.63, 3.8) is 0 Å². The number of likely N-dealkylation sites (tertiary alicyclic amines) is 1. The third-order valence-corrected chi connectivity index (χ3v) is 4.50. The minimum Gasteiger partial charge on any atom is -0.456 e. The largest absolute Gasteiger partial charge is 0.456 e. The van der Waals surface area contributed by atoms with Gasteiger partial charge in [0, 0.05) is 43.7 Å². The van der Waals surface area contributed by atoms with Crippen LogP contribution in [0, 0.1) is 0 Å². The van der Waals surface area contributed by atoms with E-state index in [-0.39, 0.29) is 43.5 Å². The van der Waals surface area contributed by atoms with E-state index in [1.54, 1.807) is 29.2 Å². The summed E-state index contributed by atoms with van der Waals surface area (Å²) in [5.41, 5.74) is 0.862. The zero-order valence-electron chi connectivity index (χ0n) is 16.6. The normalized spacial score (nSPS) is 13.4. The van der Waals surface area contributed by atoms with Crippen molar-refractivity contribution in [3.8, 4) is 0 Å². The molecule has 1 aliphatic heterocycles. The van der Waals surface area contributed by atoms with Crippen LogP contribution in [0.15, 0.2) is 24.3 Å². The minimum absolute atomic E-state index is 0.0480. The topological polar surface area (TPSA) is 113 Å². The molecule has 1 N–H and O–H groups in total. The summed E-state index contributed by atoms with van der Waals surface area (Å²) in [5, 5.41) is 2.57. The molecule has 29 heavy (non-hydrogen) atoms. The van der Waals surface area contributed by atoms with Gasteiger partial charge in [0.2, 0.25) is 11.8 Å². The van der Waals surface area contributed by atoms with Crippen molar-refractivity contribution in [3.05, 3.63) is 29.8 Å². The lowest BCUT2D eigenvalue weighted by Crippen LogP contribution is -2.32. The predicted molar refractivity (Wildman–Crippen MR) is 104 cm³/mol. The third kappa shape index (κ3) is 6.13. The molecule has 1 heterocycles. The van der Waals surface area contributed by atoms with Gasteiger partial charge in [0.25, 0.3) is 11.8 Å². The van der Waals surface area contributed by atoms with Gasteiger partial charge in [-0.1, -0.05) is 6.07 Å². The molecule has 0 spiro atoms. The van der Waals surface area contributed by atoms with Crippen molar-refractivity contribution >= 4 is 35.3 Å². The molecule has 1 aromatic carbocycles. The van der Waals surface area contributed by atoms with Crippen LogP contribution in [0.1, 0.15) is 43.5 Å². The summed E-state index contributed by atoms with van der Waals surface area (Å²) in [6.45, 7) is 4.38. The van der Waals surface area contributed by atoms with Crippen LogP contribution in [0.2, 0.25) is 0 Å². The Morgan fingerprint density at radius 3 is 2.38 bits per heavy atom. The molecule has 0 aromatic heterocycles. The van der Waals surface area contributed by atoms with Crippen molar-refractivity contribution in [1.29, 1.82) is 0 Å². The standard InChI is InChI=1S/C20H25N3O6/c1-3-22(4-2)20(28)14-6-5-7-15(12-14)21-16(24)13-29-19(27)10-11-23-17(25)8-9-18(23)26/h5-7,12H,3-4,8-11,13H2,1-2H3,(H,21,24). The lowest BCUT2D eigenvalue weighted by atomic mass is 10.1. The molecule has 1 aliphatic rings. The number of imide groups is 1. The number of amides is 4. The maximum Gasteiger partial charge on any atom is 0.308 e. The van der Waals surface area contributed by atoms with Gasteiger partial charge in [-0.05, 0) is 32.0 Å². The van der Waals surface area contributed by atoms with Crippen molar-refractivity contribution in [2.24, 2.45) is 0 Å². The number of hydrogen-bond donors (Lipinski definition) is 1. The van der Waals surface area contributed by atoms with E-state index >= 15 is 0 Å². The third-order valence-electron chi connectivity index (χ3n) is 4.50. The Morgan fingerprint density at radius 2 is 1.76 bits per heavy atom. The molecule has 1 saturated heterocycles. The Balaban J connectivity index is 1.81. The van der Waals surface area contributed by atoms with Gasteiger partial charge in [-0.3, -0.25) is 28.9 Å². The van der Waals surface area contributed by atoms with Crippen molar-refractivity contribution in [2.75, 3.05) is 31.6 Å². The molecular formula is C20H25N3O6. The van der Waals surface area contributed by atoms with Crippen LogP contribution >= 0.6 is 0 Å². The fourth-order valence-corrected chi connectivity index (χ4v) is 2.91. The van der Waals surface area contributed by atoms with E-state index in [0.29, 0.717) is 24.3 Å². The first-order valence-electron chi connectivity index (χ1n) is 9.53. The number of carbonyl (C=O) groups is 5. The number of esters is 1. The lowest BCUT2D eigenvalue weighted by Gasteiger charge is -2.19. The van der Waals surface area contributed by atoms with Gasteiger partial charge in [0.15, 0.2) is 6.61 Å². The number of carbonyl (C=O) groups excluding carboxylic acids is 5. The summed E-state index contributed by atoms with van der Waals surface area (Å²) >= 11 is 0. The predicted octanol–water partition coefficient (Wildman–Crippen LogP) is 1.19. The smallest absolute Gasteiger partial charge is 0.308 e. The highest BCUT2D eigenvalue weighted by Gasteiger charge is 2.29. The van der Waals surface area contributed by atoms with Crippen molar-refractivity contribution in [2.45, 2.75) is 33.1 Å². The SMILES string of the molecule is CCN(CC)C(=O)c1cccc(NC(=O)COC(=O)CCN2C(=O)CCC2=O)c1. The zero-order valence-corrected chi connectivity index (χ0v) is 16.6. The van der Waals surface area contributed by atoms with E-state index in [1.165, 1.54) is 0 Å². The Bertz CT molecular complexity index is 787. The average molecular weight is 403 g/mol. The van der Waals surface area contributed by atoms with Gasteiger partial charge >= 0.3 is 5.97 Å². The van der Waals surface area contributed by atoms with Crippen LogP contribution < -0.4 is 5.32 Å². The molecule has 0 atom stereocenters. The Hall–Kier alpha value is -3.23. The molecule has 1 aromatic rings. The van der Waals surface area contributed by atoms with E-state index in [4.69, 9.17) is 4.74 Å². The number of anilines is 1. The lowest BCUT2D eigenvalue weighted by molar-refractivity contribution is -0.148. The van der Waals surface area contributed by atoms with Gasteiger partial charge in [-0.15, -0.1) is 0 Å². The van der Waals surface area contributed by atoms with Crippen LogP contribution in [0.3, 0.4) is 0 Å². The quantitative estimate of drug-likeness (QED) is 0.489. The summed E-state index contributed by atoms with van der Waals surface area (Å²) in [7, 11) is 0. The van der Waals surface area contributed by atoms with Gasteiger partial charge < -0.3 is 15.0 Å². The van der Waals surface area contributed by atoms with Crippen LogP contribution in [0.5, 0.6) is 0 Å². The highest BCUT2D eigenvalue weighted by molar-refractivity contribution is 6.02. The molecule has 0 bridgehead atoms. The number of nitrogens with zero attached hydrogens (tertiary/aromatic N) is 2. The van der Waals surface area contributed by atoms with Gasteiger partial charge in [0.1, 0.15) is 0 Å². The summed E-state index contributed by atoms with van der Waals surface area (Å²) in [5.74, 6) is -1.99. The molecule has 1 fully saturated rings. The Morgan fingerprint density at radius 1 is 1.10 bits per heavy atom. The molecule has 0 unspecified atom stereocenters. The number of hydrogen-bond acceptors (Lipinski definition) is 6. The second-order valence-corrected chi connectivity index (χ2v) is 6.46. The van der Waals surface area contributed by atoms with Gasteiger partial charge in [-0.25, -0.2) is 0 Å². The first kappa shape index (κ1) is 22.1. The van der Waals surface area contributed by atoms with E-state index in [2.05, 4.69) is 5.32 Å². The fraction of sp³-hybridized carbons (Fsp3) is 0.450. The Kier molecular flexibility index (Phi) is 7.88. The maximum absolute atomic E-state index is 12.4. The molecule has 0 radical (unpaired) electrons. The zero-order chi connectivity index (χ0) is 21.4. The molecule has 0 saturated carbocycles. The van der Waals surface area contributed by atoms with E-state index in [1.807, 2.05) is 13.8 Å². The Labute approximate surface area is 169 Å². The fourth-order valence-electron chi connectivity index (χ4n) is 2.91. The van der Waals surface area contributed by atoms with E-state index < -0.39 is 18.5 Å². The second-order valence-electron chi connectivity index (χ2n) is 6.46. The van der Waals surface area contributed by atoms with Crippen LogP contribution in [-0.2, 0) is 23.9 Å². The molecule has 156 valence electrons. The van der Waals surface area contributed by atoms with Crippen LogP contribution in [0.4, 0.5) is 5.69 Å². The molecule has 0 aliphatic carbocycles. The first-order valence-corrected chi connectivity index (χ1v) is 9.53. The highest BCUT2D eigenvalue weighted by Crippen LogP contribution is 2.14. The minimum atomic E-state index is -0.682. The highest BCUT2D eigenvalue weighted by atomic mass is 16.5. The van der Waals surface area contributed by atoms with Crippen LogP contribution in [-0.4, -0.2) is 65.6 Å². The van der Waals surface area contributed by atoms with Crippen molar-refractivity contribution < 1.29 is 28.7 Å². The van der Waals surface area contributed by atoms with Gasteiger partial charge in [-0.2, -0.15) is 0 Å². The summed E-state index contributed by atoms with van der Waals surface area (Å²) in [6, 6.07) is 6.51. The summed E-state index contributed by atoms with van der Waals surface area (Å²) in [4.78, 5) is 61.8. The number of rotatable bonds is 9. The first-order chi connectivity index (χ1) is 13.8. The molecular weight excluding hydrogens is 378 g/mol. The second kappa shape index (κ2) is 10.4. The summed E-state index contributed by atoms with van der Waals surface area (Å²) in [6.07, 6.45) is 0.150. The molecule has 9 heteroatoms.